The molecule has 1 rings (SSSR count). The van der Waals surface area contributed by atoms with Gasteiger partial charge in [0, 0.05) is 0 Å². The molecular formula is C4H3F13N4O4P4. The van der Waals surface area contributed by atoms with Crippen molar-refractivity contribution in [3.05, 3.63) is 0 Å². The molecule has 1 aliphatic rings. The molecule has 4 atom stereocenters. The van der Waals surface area contributed by atoms with Crippen molar-refractivity contribution in [3.8, 4) is 0 Å². The summed E-state index contributed by atoms with van der Waals surface area (Å²) in [6.45, 7) is 0. The number of aliphatic hydroxyl groups excluding tert-OH is 1. The summed E-state index contributed by atoms with van der Waals surface area (Å²) in [5.74, 6) is 0. The van der Waals surface area contributed by atoms with Crippen LogP contribution in [0.25, 0.3) is 0 Å². The third-order valence-electron chi connectivity index (χ3n) is 1.77. The molecule has 1 heterocycles. The van der Waals surface area contributed by atoms with Gasteiger partial charge in [0.1, 0.15) is 6.35 Å². The zero-order valence-corrected chi connectivity index (χ0v) is 15.9. The number of hydrogen-bond donors (Lipinski definition) is 1. The van der Waals surface area contributed by atoms with Gasteiger partial charge < -0.3 is 5.11 Å². The quantitative estimate of drug-likeness (QED) is 0.286. The standard InChI is InChI=1S/C4H3F13N4O4P4/c5-2(6,7)23-27(15)18-26(14,1-22)19-28(16,24-3(8,9)10)21-29(17,20-27)25-4(11,12)13/h22H,1H2. The summed E-state index contributed by atoms with van der Waals surface area (Å²) in [4.78, 5) is 0. The molecule has 0 saturated carbocycles. The molecule has 4 unspecified atom stereocenters. The second-order valence-corrected chi connectivity index (χ2v) is 12.0. The molecular weight excluding hydrogens is 539 g/mol. The topological polar surface area (TPSA) is 97.4 Å². The number of nitrogens with zero attached hydrogens (tertiary/aromatic N) is 4. The minimum absolute atomic E-state index is 1.47. The van der Waals surface area contributed by atoms with Crippen LogP contribution >= 0.6 is 30.7 Å². The van der Waals surface area contributed by atoms with Crippen LogP contribution in [0.5, 0.6) is 0 Å². The van der Waals surface area contributed by atoms with E-state index in [1.165, 1.54) is 9.03 Å². The molecule has 0 aromatic rings. The number of aliphatic hydroxyl groups is 1. The van der Waals surface area contributed by atoms with Gasteiger partial charge in [-0.1, -0.05) is 0 Å². The zero-order chi connectivity index (χ0) is 23.2. The lowest BCUT2D eigenvalue weighted by atomic mass is 11.4. The molecule has 1 aliphatic heterocycles. The van der Waals surface area contributed by atoms with E-state index in [2.05, 4.69) is 13.6 Å². The maximum absolute atomic E-state index is 14.2. The van der Waals surface area contributed by atoms with Crippen molar-refractivity contribution in [1.82, 2.24) is 0 Å². The van der Waals surface area contributed by atoms with Gasteiger partial charge in [-0.25, -0.2) is 13.6 Å². The van der Waals surface area contributed by atoms with Gasteiger partial charge in [-0.15, -0.1) is 48.5 Å². The van der Waals surface area contributed by atoms with E-state index in [1.54, 1.807) is 9.03 Å². The third-order valence-corrected chi connectivity index (χ3v) is 10.9. The van der Waals surface area contributed by atoms with Crippen molar-refractivity contribution >= 4 is 30.7 Å². The normalized spacial score (nSPS) is 36.8. The minimum Gasteiger partial charge on any atom is -0.386 e. The maximum atomic E-state index is 14.2. The van der Waals surface area contributed by atoms with Crippen LogP contribution in [-0.4, -0.2) is 30.5 Å². The van der Waals surface area contributed by atoms with Crippen molar-refractivity contribution in [2.75, 3.05) is 6.35 Å². The number of hydrogen-bond acceptors (Lipinski definition) is 8. The van der Waals surface area contributed by atoms with Gasteiger partial charge in [-0.05, 0) is 0 Å². The molecule has 0 spiro atoms. The lowest BCUT2D eigenvalue weighted by Crippen LogP contribution is -2.12. The zero-order valence-electron chi connectivity index (χ0n) is 12.4. The monoisotopic (exact) mass is 542 g/mol. The first-order valence-electron chi connectivity index (χ1n) is 5.77. The number of rotatable bonds is 4. The Balaban J connectivity index is 3.97. The molecule has 0 saturated heterocycles. The SMILES string of the molecule is OCP1(F)=NP(F)(OC(F)(F)F)=NP(F)(OC(F)(F)F)=NP(F)(OC(F)(F)F)=N1. The Kier molecular flexibility index (Phi) is 7.49. The predicted molar refractivity (Wildman–Crippen MR) is 70.3 cm³/mol. The molecule has 0 aromatic carbocycles. The van der Waals surface area contributed by atoms with Crippen molar-refractivity contribution < 1.29 is 75.0 Å². The predicted octanol–water partition coefficient (Wildman–Crippen LogP) is 8.31. The average molecular weight is 542 g/mol. The first kappa shape index (κ1) is 26.9. The van der Waals surface area contributed by atoms with Crippen LogP contribution in [0.15, 0.2) is 18.1 Å². The molecule has 0 bridgehead atoms. The summed E-state index contributed by atoms with van der Waals surface area (Å²) in [5.41, 5.74) is 0. The van der Waals surface area contributed by atoms with E-state index in [1.807, 2.05) is 0 Å². The highest BCUT2D eigenvalue weighted by Crippen LogP contribution is 2.82. The van der Waals surface area contributed by atoms with Crippen LogP contribution in [0, 0.1) is 0 Å². The van der Waals surface area contributed by atoms with E-state index >= 15 is 0 Å². The molecule has 174 valence electrons. The first-order valence-corrected chi connectivity index (χ1v) is 12.0. The highest BCUT2D eigenvalue weighted by molar-refractivity contribution is 7.79. The molecule has 1 N–H and O–H groups in total. The Morgan fingerprint density at radius 3 is 1.10 bits per heavy atom. The first-order chi connectivity index (χ1) is 12.5. The summed E-state index contributed by atoms with van der Waals surface area (Å²) in [6, 6.07) is 0. The van der Waals surface area contributed by atoms with E-state index in [0.29, 0.717) is 0 Å². The molecule has 25 heteroatoms. The molecule has 0 fully saturated rings. The Bertz CT molecular complexity index is 842. The summed E-state index contributed by atoms with van der Waals surface area (Å²) < 4.78 is 181. The Morgan fingerprint density at radius 1 is 0.552 bits per heavy atom. The van der Waals surface area contributed by atoms with Crippen LogP contribution in [0.2, 0.25) is 0 Å². The van der Waals surface area contributed by atoms with Crippen molar-refractivity contribution in [2.24, 2.45) is 18.1 Å². The van der Waals surface area contributed by atoms with Gasteiger partial charge in [0.15, 0.2) is 0 Å². The molecule has 8 nitrogen and oxygen atoms in total. The van der Waals surface area contributed by atoms with E-state index < -0.39 is 56.2 Å². The summed E-state index contributed by atoms with van der Waals surface area (Å²) in [6.07, 6.45) is -21.2. The summed E-state index contributed by atoms with van der Waals surface area (Å²) in [5, 5.41) is 8.68. The van der Waals surface area contributed by atoms with Crippen LogP contribution in [-0.2, 0) is 13.6 Å². The maximum Gasteiger partial charge on any atom is 0.530 e. The van der Waals surface area contributed by atoms with E-state index in [0.717, 1.165) is 0 Å². The van der Waals surface area contributed by atoms with Crippen molar-refractivity contribution in [1.29, 1.82) is 0 Å². The van der Waals surface area contributed by atoms with Crippen LogP contribution in [0.4, 0.5) is 56.3 Å². The van der Waals surface area contributed by atoms with Crippen molar-refractivity contribution in [2.45, 2.75) is 19.1 Å². The lowest BCUT2D eigenvalue weighted by Gasteiger charge is -2.23. The number of halogens is 13. The van der Waals surface area contributed by atoms with Crippen molar-refractivity contribution in [3.63, 3.8) is 0 Å². The second kappa shape index (κ2) is 8.08. The fourth-order valence-electron chi connectivity index (χ4n) is 1.24. The van der Waals surface area contributed by atoms with Gasteiger partial charge in [0.2, 0.25) is 0 Å². The average Bonchev–Trinajstić information content (AvgIpc) is 2.26. The van der Waals surface area contributed by atoms with E-state index in [4.69, 9.17) is 5.11 Å². The van der Waals surface area contributed by atoms with Crippen LogP contribution < -0.4 is 0 Å². The van der Waals surface area contributed by atoms with E-state index in [-0.39, 0.29) is 0 Å². The Hall–Kier alpha value is -0.150. The summed E-state index contributed by atoms with van der Waals surface area (Å²) in [7, 11) is -27.4. The lowest BCUT2D eigenvalue weighted by molar-refractivity contribution is -0.275. The van der Waals surface area contributed by atoms with Gasteiger partial charge in [-0.2, -0.15) is 25.8 Å². The minimum atomic E-state index is -7.23. The van der Waals surface area contributed by atoms with Crippen LogP contribution in [0.1, 0.15) is 0 Å². The fourth-order valence-corrected chi connectivity index (χ4v) is 10.1. The fraction of sp³-hybridized carbons (Fsp3) is 1.00. The highest BCUT2D eigenvalue weighted by Gasteiger charge is 2.51. The Morgan fingerprint density at radius 2 is 0.828 bits per heavy atom. The van der Waals surface area contributed by atoms with E-state index in [9.17, 15) is 56.3 Å². The van der Waals surface area contributed by atoms with Crippen LogP contribution in [0.3, 0.4) is 0 Å². The molecule has 29 heavy (non-hydrogen) atoms. The molecule has 0 amide bonds. The molecule has 0 radical (unpaired) electrons. The highest BCUT2D eigenvalue weighted by atomic mass is 31.3. The van der Waals surface area contributed by atoms with Gasteiger partial charge in [0.05, 0.1) is 0 Å². The molecule has 0 aromatic heterocycles. The smallest absolute Gasteiger partial charge is 0.386 e. The third kappa shape index (κ3) is 9.25. The van der Waals surface area contributed by atoms with Gasteiger partial charge in [0.25, 0.3) is 7.52 Å². The second-order valence-electron chi connectivity index (χ2n) is 4.17. The van der Waals surface area contributed by atoms with Gasteiger partial charge in [-0.3, -0.25) is 0 Å². The molecule has 0 aliphatic carbocycles. The Labute approximate surface area is 150 Å². The number of alkyl halides is 9. The largest absolute Gasteiger partial charge is 0.530 e. The van der Waals surface area contributed by atoms with Gasteiger partial charge >= 0.3 is 42.3 Å². The summed E-state index contributed by atoms with van der Waals surface area (Å²) >= 11 is 0.